The highest BCUT2D eigenvalue weighted by Gasteiger charge is 2.18. The molecule has 0 aliphatic carbocycles. The summed E-state index contributed by atoms with van der Waals surface area (Å²) in [5.41, 5.74) is 2.63. The van der Waals surface area contributed by atoms with Crippen molar-refractivity contribution in [3.8, 4) is 6.07 Å². The van der Waals surface area contributed by atoms with Crippen molar-refractivity contribution in [1.82, 2.24) is 0 Å². The van der Waals surface area contributed by atoms with Crippen molar-refractivity contribution in [3.63, 3.8) is 0 Å². The van der Waals surface area contributed by atoms with E-state index in [2.05, 4.69) is 49.5 Å². The lowest BCUT2D eigenvalue weighted by molar-refractivity contribution is 0.518. The van der Waals surface area contributed by atoms with E-state index < -0.39 is 0 Å². The van der Waals surface area contributed by atoms with Crippen LogP contribution in [0.15, 0.2) is 48.5 Å². The van der Waals surface area contributed by atoms with Gasteiger partial charge in [0.2, 0.25) is 0 Å². The highest BCUT2D eigenvalue weighted by Crippen LogP contribution is 2.25. The molecule has 0 amide bonds. The molecule has 0 aliphatic rings. The Balaban J connectivity index is 2.05. The molecule has 2 nitrogen and oxygen atoms in total. The number of benzene rings is 2. The Labute approximate surface area is 131 Å². The molecule has 0 radical (unpaired) electrons. The molecule has 2 aromatic rings. The van der Waals surface area contributed by atoms with E-state index in [4.69, 9.17) is 11.6 Å². The third-order valence-electron chi connectivity index (χ3n) is 3.46. The zero-order valence-electron chi connectivity index (χ0n) is 12.4. The third-order valence-corrected chi connectivity index (χ3v) is 3.69. The second-order valence-corrected chi connectivity index (χ2v) is 6.23. The summed E-state index contributed by atoms with van der Waals surface area (Å²) in [7, 11) is 0. The van der Waals surface area contributed by atoms with Crippen LogP contribution in [0.25, 0.3) is 0 Å². The SMILES string of the molecule is CC(C)(CCc1ccccc1)Nc1ccc(Cl)cc1C#N. The normalized spacial score (nSPS) is 11.0. The van der Waals surface area contributed by atoms with Crippen LogP contribution in [0.2, 0.25) is 5.02 Å². The summed E-state index contributed by atoms with van der Waals surface area (Å²) in [6, 6.07) is 18.0. The van der Waals surface area contributed by atoms with Gasteiger partial charge in [0, 0.05) is 10.6 Å². The number of hydrogen-bond donors (Lipinski definition) is 1. The molecule has 0 fully saturated rings. The Morgan fingerprint density at radius 2 is 1.86 bits per heavy atom. The first kappa shape index (κ1) is 15.4. The smallest absolute Gasteiger partial charge is 0.101 e. The van der Waals surface area contributed by atoms with Gasteiger partial charge in [0.1, 0.15) is 6.07 Å². The fourth-order valence-corrected chi connectivity index (χ4v) is 2.42. The molecule has 0 spiro atoms. The highest BCUT2D eigenvalue weighted by molar-refractivity contribution is 6.30. The Morgan fingerprint density at radius 3 is 2.52 bits per heavy atom. The first-order valence-corrected chi connectivity index (χ1v) is 7.40. The first-order chi connectivity index (χ1) is 10.00. The maximum Gasteiger partial charge on any atom is 0.101 e. The summed E-state index contributed by atoms with van der Waals surface area (Å²) >= 11 is 5.93. The molecule has 21 heavy (non-hydrogen) atoms. The molecule has 3 heteroatoms. The second-order valence-electron chi connectivity index (χ2n) is 5.80. The lowest BCUT2D eigenvalue weighted by Gasteiger charge is -2.28. The van der Waals surface area contributed by atoms with Crippen LogP contribution in [0, 0.1) is 11.3 Å². The molecule has 0 saturated carbocycles. The molecule has 0 aromatic heterocycles. The topological polar surface area (TPSA) is 35.8 Å². The van der Waals surface area contributed by atoms with Gasteiger partial charge in [0.25, 0.3) is 0 Å². The van der Waals surface area contributed by atoms with Gasteiger partial charge in [0.05, 0.1) is 11.3 Å². The Hall–Kier alpha value is -1.98. The molecule has 0 atom stereocenters. The zero-order chi connectivity index (χ0) is 15.3. The van der Waals surface area contributed by atoms with Crippen LogP contribution in [0.5, 0.6) is 0 Å². The van der Waals surface area contributed by atoms with Crippen molar-refractivity contribution < 1.29 is 0 Å². The molecule has 0 saturated heterocycles. The number of halogens is 1. The van der Waals surface area contributed by atoms with E-state index in [9.17, 15) is 5.26 Å². The number of rotatable bonds is 5. The van der Waals surface area contributed by atoms with Gasteiger partial charge in [0.15, 0.2) is 0 Å². The van der Waals surface area contributed by atoms with Crippen LogP contribution >= 0.6 is 11.6 Å². The molecule has 0 aliphatic heterocycles. The molecular formula is C18H19ClN2. The summed E-state index contributed by atoms with van der Waals surface area (Å²) in [6.07, 6.45) is 1.97. The predicted molar refractivity (Wildman–Crippen MR) is 88.6 cm³/mol. The van der Waals surface area contributed by atoms with Crippen molar-refractivity contribution in [2.24, 2.45) is 0 Å². The van der Waals surface area contributed by atoms with Gasteiger partial charge in [-0.3, -0.25) is 0 Å². The summed E-state index contributed by atoms with van der Waals surface area (Å²) in [6.45, 7) is 4.29. The third kappa shape index (κ3) is 4.51. The monoisotopic (exact) mass is 298 g/mol. The van der Waals surface area contributed by atoms with Crippen LogP contribution in [-0.4, -0.2) is 5.54 Å². The number of nitriles is 1. The summed E-state index contributed by atoms with van der Waals surface area (Å²) in [5.74, 6) is 0. The molecule has 2 rings (SSSR count). The van der Waals surface area contributed by atoms with E-state index in [1.54, 1.807) is 12.1 Å². The average Bonchev–Trinajstić information content (AvgIpc) is 2.48. The maximum absolute atomic E-state index is 9.20. The first-order valence-electron chi connectivity index (χ1n) is 7.02. The Bertz CT molecular complexity index is 642. The lowest BCUT2D eigenvalue weighted by atomic mass is 9.94. The summed E-state index contributed by atoms with van der Waals surface area (Å²) in [4.78, 5) is 0. The number of aryl methyl sites for hydroxylation is 1. The van der Waals surface area contributed by atoms with E-state index in [1.807, 2.05) is 12.1 Å². The number of nitrogens with zero attached hydrogens (tertiary/aromatic N) is 1. The molecular weight excluding hydrogens is 280 g/mol. The predicted octanol–water partition coefficient (Wildman–Crippen LogP) is 5.03. The van der Waals surface area contributed by atoms with Crippen LogP contribution in [-0.2, 0) is 6.42 Å². The van der Waals surface area contributed by atoms with E-state index >= 15 is 0 Å². The summed E-state index contributed by atoms with van der Waals surface area (Å²) < 4.78 is 0. The van der Waals surface area contributed by atoms with E-state index in [1.165, 1.54) is 5.56 Å². The van der Waals surface area contributed by atoms with Crippen LogP contribution in [0.4, 0.5) is 5.69 Å². The molecule has 0 bridgehead atoms. The fourth-order valence-electron chi connectivity index (χ4n) is 2.25. The van der Waals surface area contributed by atoms with Gasteiger partial charge >= 0.3 is 0 Å². The van der Waals surface area contributed by atoms with Crippen LogP contribution < -0.4 is 5.32 Å². The van der Waals surface area contributed by atoms with Crippen molar-refractivity contribution in [3.05, 3.63) is 64.7 Å². The Morgan fingerprint density at radius 1 is 1.14 bits per heavy atom. The Kier molecular flexibility index (Phi) is 4.88. The summed E-state index contributed by atoms with van der Waals surface area (Å²) in [5, 5.41) is 13.2. The van der Waals surface area contributed by atoms with E-state index in [-0.39, 0.29) is 5.54 Å². The maximum atomic E-state index is 9.20. The molecule has 108 valence electrons. The van der Waals surface area contributed by atoms with Crippen molar-refractivity contribution in [1.29, 1.82) is 5.26 Å². The lowest BCUT2D eigenvalue weighted by Crippen LogP contribution is -2.31. The van der Waals surface area contributed by atoms with Gasteiger partial charge in [-0.25, -0.2) is 0 Å². The van der Waals surface area contributed by atoms with Crippen molar-refractivity contribution >= 4 is 17.3 Å². The standard InChI is InChI=1S/C18H19ClN2/c1-18(2,11-10-14-6-4-3-5-7-14)21-17-9-8-16(19)12-15(17)13-20/h3-9,12,21H,10-11H2,1-2H3. The minimum absolute atomic E-state index is 0.102. The quantitative estimate of drug-likeness (QED) is 0.840. The largest absolute Gasteiger partial charge is 0.379 e. The van der Waals surface area contributed by atoms with Crippen molar-refractivity contribution in [2.45, 2.75) is 32.2 Å². The average molecular weight is 299 g/mol. The van der Waals surface area contributed by atoms with Crippen LogP contribution in [0.1, 0.15) is 31.4 Å². The van der Waals surface area contributed by atoms with E-state index in [0.29, 0.717) is 10.6 Å². The van der Waals surface area contributed by atoms with Gasteiger partial charge in [-0.1, -0.05) is 41.9 Å². The molecule has 2 aromatic carbocycles. The second kappa shape index (κ2) is 6.65. The van der Waals surface area contributed by atoms with E-state index in [0.717, 1.165) is 18.5 Å². The van der Waals surface area contributed by atoms with Gasteiger partial charge in [-0.05, 0) is 50.5 Å². The minimum Gasteiger partial charge on any atom is -0.379 e. The molecule has 0 unspecified atom stereocenters. The number of anilines is 1. The fraction of sp³-hybridized carbons (Fsp3) is 0.278. The van der Waals surface area contributed by atoms with Gasteiger partial charge in [-0.15, -0.1) is 0 Å². The zero-order valence-corrected chi connectivity index (χ0v) is 13.1. The van der Waals surface area contributed by atoms with Crippen molar-refractivity contribution in [2.75, 3.05) is 5.32 Å². The van der Waals surface area contributed by atoms with Gasteiger partial charge < -0.3 is 5.32 Å². The van der Waals surface area contributed by atoms with Gasteiger partial charge in [-0.2, -0.15) is 5.26 Å². The molecule has 1 N–H and O–H groups in total. The number of hydrogen-bond acceptors (Lipinski definition) is 2. The minimum atomic E-state index is -0.102. The highest BCUT2D eigenvalue weighted by atomic mass is 35.5. The molecule has 0 heterocycles. The number of nitrogens with one attached hydrogen (secondary N) is 1. The van der Waals surface area contributed by atoms with Crippen LogP contribution in [0.3, 0.4) is 0 Å².